The van der Waals surface area contributed by atoms with Crippen LogP contribution in [0, 0.1) is 11.8 Å². The molecule has 2 heteroatoms. The van der Waals surface area contributed by atoms with E-state index < -0.39 is 5.60 Å². The normalized spacial score (nSPS) is 16.6. The van der Waals surface area contributed by atoms with Gasteiger partial charge in [0.2, 0.25) is 0 Å². The molecular formula is C11H25NO. The lowest BCUT2D eigenvalue weighted by Crippen LogP contribution is -2.35. The van der Waals surface area contributed by atoms with Gasteiger partial charge in [0.15, 0.2) is 0 Å². The molecule has 2 N–H and O–H groups in total. The van der Waals surface area contributed by atoms with Gasteiger partial charge >= 0.3 is 0 Å². The van der Waals surface area contributed by atoms with Crippen molar-refractivity contribution in [3.05, 3.63) is 0 Å². The second-order valence-electron chi connectivity index (χ2n) is 4.86. The van der Waals surface area contributed by atoms with Crippen LogP contribution < -0.4 is 5.32 Å². The van der Waals surface area contributed by atoms with Crippen LogP contribution in [0.4, 0.5) is 0 Å². The molecular weight excluding hydrogens is 162 g/mol. The first-order valence-electron chi connectivity index (χ1n) is 5.29. The quantitative estimate of drug-likeness (QED) is 0.624. The molecule has 0 aromatic heterocycles. The fraction of sp³-hybridized carbons (Fsp3) is 1.00. The standard InChI is InChI=1S/C11H25NO/c1-9(2)8-12-7-6-11(5,13)10(3)4/h9-10,12-13H,6-8H2,1-5H3. The van der Waals surface area contributed by atoms with Crippen LogP contribution in [0.25, 0.3) is 0 Å². The maximum Gasteiger partial charge on any atom is 0.0654 e. The summed E-state index contributed by atoms with van der Waals surface area (Å²) in [4.78, 5) is 0. The van der Waals surface area contributed by atoms with Crippen LogP contribution in [-0.4, -0.2) is 23.8 Å². The molecule has 0 aromatic rings. The number of rotatable bonds is 6. The van der Waals surface area contributed by atoms with Crippen molar-refractivity contribution in [2.75, 3.05) is 13.1 Å². The Hall–Kier alpha value is -0.0800. The highest BCUT2D eigenvalue weighted by molar-refractivity contribution is 4.76. The molecule has 0 saturated heterocycles. The third-order valence-electron chi connectivity index (χ3n) is 2.60. The summed E-state index contributed by atoms with van der Waals surface area (Å²) in [5.74, 6) is 1.01. The third kappa shape index (κ3) is 6.05. The Morgan fingerprint density at radius 1 is 1.23 bits per heavy atom. The summed E-state index contributed by atoms with van der Waals surface area (Å²) in [5, 5.41) is 13.3. The molecule has 1 unspecified atom stereocenters. The van der Waals surface area contributed by atoms with Crippen molar-refractivity contribution in [2.45, 2.75) is 46.6 Å². The molecule has 0 rings (SSSR count). The van der Waals surface area contributed by atoms with E-state index in [1.807, 2.05) is 6.92 Å². The summed E-state index contributed by atoms with van der Waals surface area (Å²) in [6.07, 6.45) is 0.831. The summed E-state index contributed by atoms with van der Waals surface area (Å²) in [6.45, 7) is 12.3. The topological polar surface area (TPSA) is 32.3 Å². The Labute approximate surface area is 82.7 Å². The van der Waals surface area contributed by atoms with E-state index in [0.29, 0.717) is 11.8 Å². The Morgan fingerprint density at radius 2 is 1.77 bits per heavy atom. The van der Waals surface area contributed by atoms with Crippen LogP contribution in [0.2, 0.25) is 0 Å². The van der Waals surface area contributed by atoms with Gasteiger partial charge < -0.3 is 10.4 Å². The lowest BCUT2D eigenvalue weighted by Gasteiger charge is -2.27. The van der Waals surface area contributed by atoms with Crippen molar-refractivity contribution in [1.82, 2.24) is 5.32 Å². The maximum atomic E-state index is 9.92. The molecule has 80 valence electrons. The molecule has 1 atom stereocenters. The Morgan fingerprint density at radius 3 is 2.15 bits per heavy atom. The van der Waals surface area contributed by atoms with Gasteiger partial charge in [-0.05, 0) is 38.3 Å². The Balaban J connectivity index is 3.52. The molecule has 0 heterocycles. The van der Waals surface area contributed by atoms with Crippen molar-refractivity contribution in [1.29, 1.82) is 0 Å². The lowest BCUT2D eigenvalue weighted by atomic mass is 9.89. The zero-order chi connectivity index (χ0) is 10.5. The predicted octanol–water partition coefficient (Wildman–Crippen LogP) is 2.03. The van der Waals surface area contributed by atoms with Gasteiger partial charge in [0.1, 0.15) is 0 Å². The third-order valence-corrected chi connectivity index (χ3v) is 2.60. The van der Waals surface area contributed by atoms with Crippen LogP contribution in [0.1, 0.15) is 41.0 Å². The molecule has 2 nitrogen and oxygen atoms in total. The SMILES string of the molecule is CC(C)CNCCC(C)(O)C(C)C. The van der Waals surface area contributed by atoms with Gasteiger partial charge in [-0.15, -0.1) is 0 Å². The minimum absolute atomic E-state index is 0.327. The van der Waals surface area contributed by atoms with Crippen molar-refractivity contribution in [3.8, 4) is 0 Å². The zero-order valence-electron chi connectivity index (χ0n) is 9.72. The summed E-state index contributed by atoms with van der Waals surface area (Å²) in [5.41, 5.74) is -0.524. The highest BCUT2D eigenvalue weighted by atomic mass is 16.3. The van der Waals surface area contributed by atoms with E-state index in [1.165, 1.54) is 0 Å². The molecule has 0 bridgehead atoms. The number of nitrogens with one attached hydrogen (secondary N) is 1. The van der Waals surface area contributed by atoms with Crippen LogP contribution in [0.15, 0.2) is 0 Å². The minimum Gasteiger partial charge on any atom is -0.390 e. The molecule has 0 aliphatic heterocycles. The van der Waals surface area contributed by atoms with Gasteiger partial charge in [0, 0.05) is 0 Å². The average Bonchev–Trinajstić information content (AvgIpc) is 1.97. The lowest BCUT2D eigenvalue weighted by molar-refractivity contribution is 0.00574. The molecule has 0 aliphatic rings. The van der Waals surface area contributed by atoms with Crippen molar-refractivity contribution < 1.29 is 5.11 Å². The first-order valence-corrected chi connectivity index (χ1v) is 5.29. The molecule has 0 saturated carbocycles. The molecule has 0 fully saturated rings. The second kappa shape index (κ2) is 5.61. The van der Waals surface area contributed by atoms with E-state index in [2.05, 4.69) is 33.0 Å². The summed E-state index contributed by atoms with van der Waals surface area (Å²) < 4.78 is 0. The first kappa shape index (κ1) is 12.9. The number of hydrogen-bond donors (Lipinski definition) is 2. The summed E-state index contributed by atoms with van der Waals surface area (Å²) >= 11 is 0. The minimum atomic E-state index is -0.524. The average molecular weight is 187 g/mol. The first-order chi connectivity index (χ1) is 5.86. The van der Waals surface area contributed by atoms with Gasteiger partial charge in [0.05, 0.1) is 5.60 Å². The maximum absolute atomic E-state index is 9.92. The molecule has 0 radical (unpaired) electrons. The van der Waals surface area contributed by atoms with E-state index in [1.54, 1.807) is 0 Å². The van der Waals surface area contributed by atoms with Gasteiger partial charge in [-0.25, -0.2) is 0 Å². The van der Waals surface area contributed by atoms with E-state index in [9.17, 15) is 5.11 Å². The van der Waals surface area contributed by atoms with E-state index in [4.69, 9.17) is 0 Å². The van der Waals surface area contributed by atoms with Crippen molar-refractivity contribution >= 4 is 0 Å². The van der Waals surface area contributed by atoms with Crippen LogP contribution in [0.5, 0.6) is 0 Å². The molecule has 0 aromatic carbocycles. The van der Waals surface area contributed by atoms with Crippen LogP contribution in [-0.2, 0) is 0 Å². The fourth-order valence-corrected chi connectivity index (χ4v) is 1.02. The van der Waals surface area contributed by atoms with Gasteiger partial charge in [-0.1, -0.05) is 27.7 Å². The smallest absolute Gasteiger partial charge is 0.0654 e. The molecule has 13 heavy (non-hydrogen) atoms. The van der Waals surface area contributed by atoms with Gasteiger partial charge in [0.25, 0.3) is 0 Å². The second-order valence-corrected chi connectivity index (χ2v) is 4.86. The largest absolute Gasteiger partial charge is 0.390 e. The fourth-order valence-electron chi connectivity index (χ4n) is 1.02. The number of aliphatic hydroxyl groups is 1. The van der Waals surface area contributed by atoms with E-state index in [-0.39, 0.29) is 0 Å². The monoisotopic (exact) mass is 187 g/mol. The number of hydrogen-bond acceptors (Lipinski definition) is 2. The summed E-state index contributed by atoms with van der Waals surface area (Å²) in [7, 11) is 0. The molecule has 0 spiro atoms. The van der Waals surface area contributed by atoms with E-state index in [0.717, 1.165) is 19.5 Å². The van der Waals surface area contributed by atoms with Crippen molar-refractivity contribution in [3.63, 3.8) is 0 Å². The molecule has 0 amide bonds. The highest BCUT2D eigenvalue weighted by Crippen LogP contribution is 2.19. The summed E-state index contributed by atoms with van der Waals surface area (Å²) in [6, 6.07) is 0. The zero-order valence-corrected chi connectivity index (χ0v) is 9.72. The Kier molecular flexibility index (Phi) is 5.57. The highest BCUT2D eigenvalue weighted by Gasteiger charge is 2.23. The van der Waals surface area contributed by atoms with Crippen LogP contribution >= 0.6 is 0 Å². The Bertz CT molecular complexity index is 130. The van der Waals surface area contributed by atoms with Gasteiger partial charge in [-0.2, -0.15) is 0 Å². The van der Waals surface area contributed by atoms with E-state index >= 15 is 0 Å². The van der Waals surface area contributed by atoms with Crippen molar-refractivity contribution in [2.24, 2.45) is 11.8 Å². The molecule has 0 aliphatic carbocycles. The van der Waals surface area contributed by atoms with Gasteiger partial charge in [-0.3, -0.25) is 0 Å². The predicted molar refractivity (Wildman–Crippen MR) is 57.8 cm³/mol. The van der Waals surface area contributed by atoms with Crippen LogP contribution in [0.3, 0.4) is 0 Å².